The number of nitrogens with zero attached hydrogens (tertiary/aromatic N) is 2. The Labute approximate surface area is 167 Å². The molecule has 0 bridgehead atoms. The largest absolute Gasteiger partial charge is 0.507 e. The van der Waals surface area contributed by atoms with E-state index in [1.54, 1.807) is 6.07 Å². The summed E-state index contributed by atoms with van der Waals surface area (Å²) in [5, 5.41) is 17.2. The first-order valence-corrected chi connectivity index (χ1v) is 9.57. The van der Waals surface area contributed by atoms with Gasteiger partial charge in [0.25, 0.3) is 0 Å². The van der Waals surface area contributed by atoms with Crippen LogP contribution in [-0.2, 0) is 0 Å². The van der Waals surface area contributed by atoms with Gasteiger partial charge in [-0.3, -0.25) is 0 Å². The number of rotatable bonds is 2. The van der Waals surface area contributed by atoms with E-state index < -0.39 is 6.23 Å². The van der Waals surface area contributed by atoms with E-state index in [2.05, 4.69) is 6.07 Å². The second-order valence-corrected chi connectivity index (χ2v) is 7.28. The summed E-state index contributed by atoms with van der Waals surface area (Å²) >= 11 is 0. The number of para-hydroxylation sites is 2. The molecule has 0 spiro atoms. The summed E-state index contributed by atoms with van der Waals surface area (Å²) in [4.78, 5) is 0. The van der Waals surface area contributed by atoms with Crippen LogP contribution < -0.4 is 14.2 Å². The zero-order chi connectivity index (χ0) is 19.4. The number of phenolic OH excluding ortho intramolecular Hbond substituents is 1. The third-order valence-corrected chi connectivity index (χ3v) is 5.60. The first-order valence-electron chi connectivity index (χ1n) is 9.57. The van der Waals surface area contributed by atoms with Crippen molar-refractivity contribution < 1.29 is 19.3 Å². The molecular weight excluding hydrogens is 368 g/mol. The highest BCUT2D eigenvalue weighted by Crippen LogP contribution is 2.48. The predicted octanol–water partition coefficient (Wildman–Crippen LogP) is 4.36. The lowest BCUT2D eigenvalue weighted by atomic mass is 9.95. The molecule has 0 saturated heterocycles. The van der Waals surface area contributed by atoms with Gasteiger partial charge in [-0.05, 0) is 36.4 Å². The number of phenols is 1. The lowest BCUT2D eigenvalue weighted by Gasteiger charge is -2.38. The van der Waals surface area contributed by atoms with E-state index in [0.717, 1.165) is 33.9 Å². The Balaban J connectivity index is 1.46. The minimum absolute atomic E-state index is 0.0324. The predicted molar refractivity (Wildman–Crippen MR) is 106 cm³/mol. The summed E-state index contributed by atoms with van der Waals surface area (Å²) in [6.07, 6.45) is 0.298. The number of aromatic hydroxyl groups is 1. The Morgan fingerprint density at radius 3 is 2.66 bits per heavy atom. The highest BCUT2D eigenvalue weighted by molar-refractivity contribution is 6.04. The van der Waals surface area contributed by atoms with Crippen molar-refractivity contribution in [2.45, 2.75) is 18.7 Å². The molecule has 3 aliphatic rings. The van der Waals surface area contributed by atoms with Crippen molar-refractivity contribution in [3.8, 4) is 23.0 Å². The first kappa shape index (κ1) is 16.3. The molecule has 3 aliphatic heterocycles. The van der Waals surface area contributed by atoms with E-state index in [4.69, 9.17) is 19.3 Å². The molecule has 2 atom stereocenters. The lowest BCUT2D eigenvalue weighted by molar-refractivity contribution is -0.0191. The fraction of sp³-hybridized carbons (Fsp3) is 0.174. The van der Waals surface area contributed by atoms with Gasteiger partial charge in [-0.2, -0.15) is 5.10 Å². The monoisotopic (exact) mass is 386 g/mol. The number of fused-ring (bicyclic) bond motifs is 4. The van der Waals surface area contributed by atoms with Crippen LogP contribution in [0.25, 0.3) is 0 Å². The van der Waals surface area contributed by atoms with Gasteiger partial charge in [0.1, 0.15) is 11.5 Å². The number of benzene rings is 3. The second kappa shape index (κ2) is 6.17. The lowest BCUT2D eigenvalue weighted by Crippen LogP contribution is -2.33. The molecule has 1 N–H and O–H groups in total. The summed E-state index contributed by atoms with van der Waals surface area (Å²) in [6.45, 7) is 0.231. The third-order valence-electron chi connectivity index (χ3n) is 5.60. The van der Waals surface area contributed by atoms with Crippen LogP contribution in [0.5, 0.6) is 23.0 Å². The van der Waals surface area contributed by atoms with Crippen LogP contribution >= 0.6 is 0 Å². The molecule has 0 radical (unpaired) electrons. The van der Waals surface area contributed by atoms with Crippen LogP contribution in [0.1, 0.15) is 35.4 Å². The van der Waals surface area contributed by atoms with Gasteiger partial charge >= 0.3 is 0 Å². The van der Waals surface area contributed by atoms with E-state index in [1.807, 2.05) is 59.6 Å². The maximum absolute atomic E-state index is 10.3. The Bertz CT molecular complexity index is 1140. The maximum Gasteiger partial charge on any atom is 0.231 e. The molecule has 144 valence electrons. The van der Waals surface area contributed by atoms with Gasteiger partial charge in [0.15, 0.2) is 11.5 Å². The van der Waals surface area contributed by atoms with Crippen LogP contribution in [0.15, 0.2) is 71.8 Å². The third kappa shape index (κ3) is 2.52. The molecule has 3 aromatic carbocycles. The van der Waals surface area contributed by atoms with E-state index in [0.29, 0.717) is 12.2 Å². The zero-order valence-electron chi connectivity index (χ0n) is 15.5. The van der Waals surface area contributed by atoms with Crippen LogP contribution in [0.4, 0.5) is 0 Å². The number of ether oxygens (including phenoxy) is 3. The zero-order valence-corrected chi connectivity index (χ0v) is 15.5. The summed E-state index contributed by atoms with van der Waals surface area (Å²) in [6, 6.07) is 21.2. The quantitative estimate of drug-likeness (QED) is 0.709. The highest BCUT2D eigenvalue weighted by Gasteiger charge is 2.41. The molecular formula is C23H18N2O4. The molecule has 0 aliphatic carbocycles. The Morgan fingerprint density at radius 1 is 0.897 bits per heavy atom. The molecule has 3 aromatic rings. The molecule has 29 heavy (non-hydrogen) atoms. The molecule has 6 nitrogen and oxygen atoms in total. The summed E-state index contributed by atoms with van der Waals surface area (Å²) in [5.74, 6) is 2.54. The highest BCUT2D eigenvalue weighted by atomic mass is 16.7. The van der Waals surface area contributed by atoms with Gasteiger partial charge in [0.05, 0.1) is 11.8 Å². The SMILES string of the molecule is Oc1ccccc1C1=NN2C(C1)c1ccccc1OC2c1ccc2c(c1)OCO2. The van der Waals surface area contributed by atoms with Crippen LogP contribution in [0.3, 0.4) is 0 Å². The molecule has 0 fully saturated rings. The molecule has 0 aromatic heterocycles. The van der Waals surface area contributed by atoms with Gasteiger partial charge in [-0.15, -0.1) is 0 Å². The molecule has 6 rings (SSSR count). The summed E-state index contributed by atoms with van der Waals surface area (Å²) in [7, 11) is 0. The normalized spacial score (nSPS) is 21.2. The molecule has 6 heteroatoms. The first-order chi connectivity index (χ1) is 14.3. The fourth-order valence-corrected chi connectivity index (χ4v) is 4.20. The van der Waals surface area contributed by atoms with Crippen LogP contribution in [0, 0.1) is 0 Å². The average Bonchev–Trinajstić information content (AvgIpc) is 3.40. The van der Waals surface area contributed by atoms with E-state index in [-0.39, 0.29) is 18.6 Å². The van der Waals surface area contributed by atoms with Gasteiger partial charge in [-0.25, -0.2) is 5.01 Å². The summed E-state index contributed by atoms with van der Waals surface area (Å²) < 4.78 is 17.4. The topological polar surface area (TPSA) is 63.5 Å². The minimum atomic E-state index is -0.396. The van der Waals surface area contributed by atoms with Crippen molar-refractivity contribution in [1.82, 2.24) is 5.01 Å². The molecule has 0 saturated carbocycles. The molecule has 0 amide bonds. The Morgan fingerprint density at radius 2 is 1.72 bits per heavy atom. The fourth-order valence-electron chi connectivity index (χ4n) is 4.20. The van der Waals surface area contributed by atoms with Gasteiger partial charge in [0.2, 0.25) is 13.0 Å². The van der Waals surface area contributed by atoms with Crippen molar-refractivity contribution >= 4 is 5.71 Å². The number of hydrogen-bond acceptors (Lipinski definition) is 6. The summed E-state index contributed by atoms with van der Waals surface area (Å²) in [5.41, 5.74) is 3.64. The maximum atomic E-state index is 10.3. The van der Waals surface area contributed by atoms with Gasteiger partial charge in [0, 0.05) is 23.1 Å². The van der Waals surface area contributed by atoms with Gasteiger partial charge in [-0.1, -0.05) is 30.3 Å². The minimum Gasteiger partial charge on any atom is -0.507 e. The number of hydrogen-bond donors (Lipinski definition) is 1. The van der Waals surface area contributed by atoms with E-state index in [9.17, 15) is 5.11 Å². The van der Waals surface area contributed by atoms with Crippen molar-refractivity contribution in [3.05, 3.63) is 83.4 Å². The van der Waals surface area contributed by atoms with Crippen molar-refractivity contribution in [1.29, 1.82) is 0 Å². The van der Waals surface area contributed by atoms with Crippen molar-refractivity contribution in [3.63, 3.8) is 0 Å². The molecule has 2 unspecified atom stereocenters. The van der Waals surface area contributed by atoms with Crippen LogP contribution in [0.2, 0.25) is 0 Å². The molecule has 3 heterocycles. The second-order valence-electron chi connectivity index (χ2n) is 7.28. The van der Waals surface area contributed by atoms with Crippen molar-refractivity contribution in [2.75, 3.05) is 6.79 Å². The number of hydrazone groups is 1. The standard InChI is InChI=1S/C23H18N2O4/c26-19-7-3-1-5-15(19)17-12-18-16-6-2-4-8-20(16)29-23(25(18)24-17)14-9-10-21-22(11-14)28-13-27-21/h1-11,18,23,26H,12-13H2. The average molecular weight is 386 g/mol. The van der Waals surface area contributed by atoms with Crippen LogP contribution in [-0.4, -0.2) is 22.6 Å². The smallest absolute Gasteiger partial charge is 0.231 e. The van der Waals surface area contributed by atoms with Gasteiger partial charge < -0.3 is 19.3 Å². The van der Waals surface area contributed by atoms with Crippen molar-refractivity contribution in [2.24, 2.45) is 5.10 Å². The Kier molecular flexibility index (Phi) is 3.47. The Hall–Kier alpha value is -3.67. The van der Waals surface area contributed by atoms with E-state index in [1.165, 1.54) is 0 Å². The van der Waals surface area contributed by atoms with E-state index >= 15 is 0 Å².